The number of hydrogen-bond donors (Lipinski definition) is 3. The monoisotopic (exact) mass is 214 g/mol. The van der Waals surface area contributed by atoms with E-state index in [1.165, 1.54) is 0 Å². The van der Waals surface area contributed by atoms with Gasteiger partial charge in [-0.3, -0.25) is 4.79 Å². The van der Waals surface area contributed by atoms with Gasteiger partial charge in [0.2, 0.25) is 5.91 Å². The molecule has 1 amide bonds. The summed E-state index contributed by atoms with van der Waals surface area (Å²) >= 11 is 0. The second-order valence-electron chi connectivity index (χ2n) is 4.51. The van der Waals surface area contributed by atoms with Crippen LogP contribution in [0.2, 0.25) is 0 Å². The van der Waals surface area contributed by atoms with Crippen LogP contribution < -0.4 is 10.6 Å². The zero-order chi connectivity index (χ0) is 11.3. The van der Waals surface area contributed by atoms with Gasteiger partial charge in [0.1, 0.15) is 0 Å². The second kappa shape index (κ2) is 5.47. The molecule has 0 aromatic rings. The standard InChI is InChI=1S/C11H22N2O2/c1-3-5-9(14)8-12-10(15)11(2)6-4-7-13-11/h9,13-14H,3-8H2,1-2H3,(H,12,15). The maximum Gasteiger partial charge on any atom is 0.240 e. The Labute approximate surface area is 91.4 Å². The van der Waals surface area contributed by atoms with Crippen LogP contribution in [0, 0.1) is 0 Å². The molecule has 1 heterocycles. The Morgan fingerprint density at radius 2 is 2.40 bits per heavy atom. The third kappa shape index (κ3) is 3.47. The van der Waals surface area contributed by atoms with Gasteiger partial charge in [0.05, 0.1) is 11.6 Å². The molecule has 0 radical (unpaired) electrons. The number of carbonyl (C=O) groups is 1. The Morgan fingerprint density at radius 1 is 1.67 bits per heavy atom. The first-order chi connectivity index (χ1) is 7.08. The summed E-state index contributed by atoms with van der Waals surface area (Å²) in [5.41, 5.74) is -0.425. The largest absolute Gasteiger partial charge is 0.391 e. The van der Waals surface area contributed by atoms with Gasteiger partial charge in [0, 0.05) is 6.54 Å². The number of aliphatic hydroxyl groups excluding tert-OH is 1. The number of nitrogens with one attached hydrogen (secondary N) is 2. The fourth-order valence-corrected chi connectivity index (χ4v) is 1.93. The number of hydrogen-bond acceptors (Lipinski definition) is 3. The van der Waals surface area contributed by atoms with E-state index in [9.17, 15) is 9.90 Å². The molecule has 15 heavy (non-hydrogen) atoms. The Balaban J connectivity index is 2.29. The molecule has 1 aliphatic rings. The molecule has 1 saturated heterocycles. The van der Waals surface area contributed by atoms with E-state index in [1.807, 2.05) is 13.8 Å². The van der Waals surface area contributed by atoms with Gasteiger partial charge in [0.15, 0.2) is 0 Å². The van der Waals surface area contributed by atoms with Gasteiger partial charge < -0.3 is 15.7 Å². The minimum absolute atomic E-state index is 0.00940. The van der Waals surface area contributed by atoms with Crippen molar-refractivity contribution in [2.45, 2.75) is 51.2 Å². The molecule has 1 aliphatic heterocycles. The number of carbonyl (C=O) groups excluding carboxylic acids is 1. The lowest BCUT2D eigenvalue weighted by molar-refractivity contribution is -0.127. The van der Waals surface area contributed by atoms with Crippen molar-refractivity contribution >= 4 is 5.91 Å². The average Bonchev–Trinajstić information content (AvgIpc) is 2.63. The highest BCUT2D eigenvalue weighted by atomic mass is 16.3. The summed E-state index contributed by atoms with van der Waals surface area (Å²) in [7, 11) is 0. The molecule has 88 valence electrons. The molecule has 2 atom stereocenters. The van der Waals surface area contributed by atoms with Crippen LogP contribution in [-0.2, 0) is 4.79 Å². The third-order valence-corrected chi connectivity index (χ3v) is 2.99. The molecule has 0 bridgehead atoms. The number of amides is 1. The van der Waals surface area contributed by atoms with Crippen molar-refractivity contribution < 1.29 is 9.90 Å². The van der Waals surface area contributed by atoms with Gasteiger partial charge in [-0.05, 0) is 32.7 Å². The normalized spacial score (nSPS) is 27.7. The molecule has 0 spiro atoms. The molecule has 0 aromatic heterocycles. The average molecular weight is 214 g/mol. The molecule has 0 saturated carbocycles. The van der Waals surface area contributed by atoms with Gasteiger partial charge >= 0.3 is 0 Å². The predicted molar refractivity (Wildman–Crippen MR) is 59.6 cm³/mol. The van der Waals surface area contributed by atoms with E-state index in [4.69, 9.17) is 0 Å². The first kappa shape index (κ1) is 12.5. The lowest BCUT2D eigenvalue weighted by Crippen LogP contribution is -2.52. The van der Waals surface area contributed by atoms with Crippen molar-refractivity contribution in [2.75, 3.05) is 13.1 Å². The highest BCUT2D eigenvalue weighted by Crippen LogP contribution is 2.18. The van der Waals surface area contributed by atoms with Gasteiger partial charge in [-0.25, -0.2) is 0 Å². The highest BCUT2D eigenvalue weighted by molar-refractivity contribution is 5.86. The Morgan fingerprint density at radius 3 is 2.93 bits per heavy atom. The molecule has 4 heteroatoms. The maximum atomic E-state index is 11.8. The Bertz CT molecular complexity index is 213. The summed E-state index contributed by atoms with van der Waals surface area (Å²) in [6.07, 6.45) is 3.19. The van der Waals surface area contributed by atoms with Crippen LogP contribution in [0.1, 0.15) is 39.5 Å². The minimum Gasteiger partial charge on any atom is -0.391 e. The highest BCUT2D eigenvalue weighted by Gasteiger charge is 2.35. The maximum absolute atomic E-state index is 11.8. The SMILES string of the molecule is CCCC(O)CNC(=O)C1(C)CCCN1. The van der Waals surface area contributed by atoms with Gasteiger partial charge in [-0.2, -0.15) is 0 Å². The van der Waals surface area contributed by atoms with Crippen molar-refractivity contribution in [3.05, 3.63) is 0 Å². The van der Waals surface area contributed by atoms with E-state index in [-0.39, 0.29) is 5.91 Å². The molecule has 0 aromatic carbocycles. The van der Waals surface area contributed by atoms with Crippen molar-refractivity contribution in [1.82, 2.24) is 10.6 Å². The zero-order valence-corrected chi connectivity index (χ0v) is 9.68. The van der Waals surface area contributed by atoms with Gasteiger partial charge in [-0.1, -0.05) is 13.3 Å². The lowest BCUT2D eigenvalue weighted by Gasteiger charge is -2.23. The Kier molecular flexibility index (Phi) is 4.54. The van der Waals surface area contributed by atoms with Crippen LogP contribution in [0.3, 0.4) is 0 Å². The van der Waals surface area contributed by atoms with Crippen molar-refractivity contribution in [3.8, 4) is 0 Å². The molecule has 2 unspecified atom stereocenters. The van der Waals surface area contributed by atoms with Crippen LogP contribution in [-0.4, -0.2) is 35.7 Å². The third-order valence-electron chi connectivity index (χ3n) is 2.99. The number of aliphatic hydroxyl groups is 1. The first-order valence-electron chi connectivity index (χ1n) is 5.80. The fourth-order valence-electron chi connectivity index (χ4n) is 1.93. The van der Waals surface area contributed by atoms with E-state index in [0.29, 0.717) is 6.54 Å². The van der Waals surface area contributed by atoms with Crippen LogP contribution in [0.5, 0.6) is 0 Å². The molecular formula is C11H22N2O2. The zero-order valence-electron chi connectivity index (χ0n) is 9.68. The molecular weight excluding hydrogens is 192 g/mol. The minimum atomic E-state index is -0.425. The van der Waals surface area contributed by atoms with Crippen LogP contribution >= 0.6 is 0 Å². The Hall–Kier alpha value is -0.610. The van der Waals surface area contributed by atoms with Crippen LogP contribution in [0.4, 0.5) is 0 Å². The molecule has 4 nitrogen and oxygen atoms in total. The van der Waals surface area contributed by atoms with E-state index in [2.05, 4.69) is 10.6 Å². The molecule has 0 aliphatic carbocycles. The van der Waals surface area contributed by atoms with Crippen LogP contribution in [0.25, 0.3) is 0 Å². The van der Waals surface area contributed by atoms with Crippen molar-refractivity contribution in [2.24, 2.45) is 0 Å². The van der Waals surface area contributed by atoms with E-state index >= 15 is 0 Å². The van der Waals surface area contributed by atoms with E-state index in [1.54, 1.807) is 0 Å². The van der Waals surface area contributed by atoms with E-state index in [0.717, 1.165) is 32.2 Å². The molecule has 1 fully saturated rings. The van der Waals surface area contributed by atoms with Gasteiger partial charge in [0.25, 0.3) is 0 Å². The topological polar surface area (TPSA) is 61.4 Å². The number of rotatable bonds is 5. The summed E-state index contributed by atoms with van der Waals surface area (Å²) in [6.45, 7) is 5.21. The molecule has 3 N–H and O–H groups in total. The van der Waals surface area contributed by atoms with Crippen LogP contribution in [0.15, 0.2) is 0 Å². The van der Waals surface area contributed by atoms with Gasteiger partial charge in [-0.15, -0.1) is 0 Å². The quantitative estimate of drug-likeness (QED) is 0.621. The summed E-state index contributed by atoms with van der Waals surface area (Å²) in [5, 5.41) is 15.5. The van der Waals surface area contributed by atoms with Crippen molar-refractivity contribution in [1.29, 1.82) is 0 Å². The van der Waals surface area contributed by atoms with Crippen molar-refractivity contribution in [3.63, 3.8) is 0 Å². The smallest absolute Gasteiger partial charge is 0.240 e. The second-order valence-corrected chi connectivity index (χ2v) is 4.51. The summed E-state index contributed by atoms with van der Waals surface area (Å²) in [6, 6.07) is 0. The summed E-state index contributed by atoms with van der Waals surface area (Å²) in [4.78, 5) is 11.8. The summed E-state index contributed by atoms with van der Waals surface area (Å²) < 4.78 is 0. The predicted octanol–water partition coefficient (Wildman–Crippen LogP) is 0.406. The molecule has 1 rings (SSSR count). The van der Waals surface area contributed by atoms with E-state index < -0.39 is 11.6 Å². The lowest BCUT2D eigenvalue weighted by atomic mass is 9.99. The summed E-state index contributed by atoms with van der Waals surface area (Å²) in [5.74, 6) is 0.00940. The fraction of sp³-hybridized carbons (Fsp3) is 0.909. The first-order valence-corrected chi connectivity index (χ1v) is 5.80.